The lowest BCUT2D eigenvalue weighted by Gasteiger charge is -2.06. The van der Waals surface area contributed by atoms with Crippen molar-refractivity contribution >= 4 is 11.4 Å². The van der Waals surface area contributed by atoms with E-state index >= 15 is 0 Å². The first-order valence-corrected chi connectivity index (χ1v) is 5.73. The molecule has 0 heterocycles. The van der Waals surface area contributed by atoms with Crippen LogP contribution < -0.4 is 16.4 Å². The zero-order valence-electron chi connectivity index (χ0n) is 10.3. The molecule has 0 aromatic carbocycles. The van der Waals surface area contributed by atoms with Crippen LogP contribution in [0, 0.1) is 0 Å². The highest BCUT2D eigenvalue weighted by Crippen LogP contribution is 1.83. The molecule has 0 aromatic rings. The highest BCUT2D eigenvalue weighted by molar-refractivity contribution is 5.86. The van der Waals surface area contributed by atoms with E-state index in [1.807, 2.05) is 0 Å². The molecular formula is C10H23N5O2. The van der Waals surface area contributed by atoms with E-state index in [0.717, 1.165) is 19.5 Å². The zero-order valence-corrected chi connectivity index (χ0v) is 10.3. The van der Waals surface area contributed by atoms with Gasteiger partial charge in [0.1, 0.15) is 0 Å². The number of nitrogens with two attached hydrogens (primary N) is 1. The second kappa shape index (κ2) is 11.3. The lowest BCUT2D eigenvalue weighted by Crippen LogP contribution is -2.29. The Labute approximate surface area is 102 Å². The van der Waals surface area contributed by atoms with Crippen molar-refractivity contribution in [1.82, 2.24) is 10.6 Å². The van der Waals surface area contributed by atoms with Crippen LogP contribution in [0.2, 0.25) is 0 Å². The second-order valence-electron chi connectivity index (χ2n) is 3.75. The summed E-state index contributed by atoms with van der Waals surface area (Å²) in [5, 5.41) is 29.5. The maximum atomic E-state index is 8.63. The Bertz CT molecular complexity index is 243. The fourth-order valence-electron chi connectivity index (χ4n) is 1.22. The van der Waals surface area contributed by atoms with E-state index < -0.39 is 0 Å². The Kier molecular flexibility index (Phi) is 10.5. The predicted molar refractivity (Wildman–Crippen MR) is 68.1 cm³/mol. The summed E-state index contributed by atoms with van der Waals surface area (Å²) in [5.41, 5.74) is 6.69. The van der Waals surface area contributed by atoms with Crippen molar-refractivity contribution < 1.29 is 10.4 Å². The smallest absolute Gasteiger partial charge is 0.0720 e. The van der Waals surface area contributed by atoms with E-state index in [4.69, 9.17) is 16.1 Å². The molecule has 0 unspecified atom stereocenters. The molecule has 0 saturated carbocycles. The maximum Gasteiger partial charge on any atom is 0.0720 e. The van der Waals surface area contributed by atoms with Crippen molar-refractivity contribution in [2.75, 3.05) is 32.7 Å². The number of hydrogen-bond acceptors (Lipinski definition) is 7. The van der Waals surface area contributed by atoms with Crippen LogP contribution in [-0.4, -0.2) is 54.6 Å². The molecule has 0 atom stereocenters. The van der Waals surface area contributed by atoms with Crippen LogP contribution in [-0.2, 0) is 0 Å². The number of nitrogens with one attached hydrogen (secondary N) is 2. The molecule has 7 nitrogen and oxygen atoms in total. The van der Waals surface area contributed by atoms with Crippen LogP contribution in [0.4, 0.5) is 0 Å². The van der Waals surface area contributed by atoms with Crippen molar-refractivity contribution in [2.24, 2.45) is 16.0 Å². The summed E-state index contributed by atoms with van der Waals surface area (Å²) >= 11 is 0. The van der Waals surface area contributed by atoms with Gasteiger partial charge in [0.2, 0.25) is 0 Å². The topological polar surface area (TPSA) is 115 Å². The minimum absolute atomic E-state index is 0.488. The van der Waals surface area contributed by atoms with E-state index in [0.29, 0.717) is 37.5 Å². The van der Waals surface area contributed by atoms with Gasteiger partial charge in [-0.1, -0.05) is 10.3 Å². The van der Waals surface area contributed by atoms with Gasteiger partial charge in [0.05, 0.1) is 11.4 Å². The van der Waals surface area contributed by atoms with E-state index in [-0.39, 0.29) is 0 Å². The van der Waals surface area contributed by atoms with Crippen molar-refractivity contribution in [3.05, 3.63) is 0 Å². The molecule has 100 valence electrons. The van der Waals surface area contributed by atoms with Crippen LogP contribution in [0.1, 0.15) is 19.8 Å². The van der Waals surface area contributed by atoms with E-state index in [1.54, 1.807) is 6.92 Å². The van der Waals surface area contributed by atoms with E-state index in [1.165, 1.54) is 0 Å². The van der Waals surface area contributed by atoms with Gasteiger partial charge in [0.25, 0.3) is 0 Å². The third-order valence-corrected chi connectivity index (χ3v) is 2.16. The SMILES string of the molecule is CC(CNCCCNCC(CCN)=NO)=NO. The van der Waals surface area contributed by atoms with Crippen LogP contribution >= 0.6 is 0 Å². The third-order valence-electron chi connectivity index (χ3n) is 2.16. The molecule has 0 amide bonds. The van der Waals surface area contributed by atoms with Crippen molar-refractivity contribution in [3.63, 3.8) is 0 Å². The number of hydrogen-bond donors (Lipinski definition) is 5. The Morgan fingerprint density at radius 1 is 1.12 bits per heavy atom. The lowest BCUT2D eigenvalue weighted by atomic mass is 10.2. The summed E-state index contributed by atoms with van der Waals surface area (Å²) in [7, 11) is 0. The van der Waals surface area contributed by atoms with Crippen LogP contribution in [0.15, 0.2) is 10.3 Å². The van der Waals surface area contributed by atoms with Gasteiger partial charge in [-0.25, -0.2) is 0 Å². The van der Waals surface area contributed by atoms with Gasteiger partial charge in [0.15, 0.2) is 0 Å². The molecule has 7 heteroatoms. The molecule has 6 N–H and O–H groups in total. The van der Waals surface area contributed by atoms with Crippen LogP contribution in [0.3, 0.4) is 0 Å². The fraction of sp³-hybridized carbons (Fsp3) is 0.800. The van der Waals surface area contributed by atoms with Crippen molar-refractivity contribution in [2.45, 2.75) is 19.8 Å². The average Bonchev–Trinajstić information content (AvgIpc) is 2.35. The molecule has 0 radical (unpaired) electrons. The van der Waals surface area contributed by atoms with E-state index in [9.17, 15) is 0 Å². The van der Waals surface area contributed by atoms with Gasteiger partial charge < -0.3 is 26.8 Å². The Morgan fingerprint density at radius 3 is 2.29 bits per heavy atom. The molecule has 0 fully saturated rings. The molecule has 0 bridgehead atoms. The quantitative estimate of drug-likeness (QED) is 0.155. The molecule has 17 heavy (non-hydrogen) atoms. The summed E-state index contributed by atoms with van der Waals surface area (Å²) in [4.78, 5) is 0. The fourth-order valence-corrected chi connectivity index (χ4v) is 1.22. The summed E-state index contributed by atoms with van der Waals surface area (Å²) in [6.07, 6.45) is 1.55. The van der Waals surface area contributed by atoms with Gasteiger partial charge in [-0.3, -0.25) is 0 Å². The minimum Gasteiger partial charge on any atom is -0.411 e. The predicted octanol–water partition coefficient (Wildman–Crippen LogP) is -0.415. The lowest BCUT2D eigenvalue weighted by molar-refractivity contribution is 0.316. The van der Waals surface area contributed by atoms with Gasteiger partial charge >= 0.3 is 0 Å². The van der Waals surface area contributed by atoms with Gasteiger partial charge in [-0.05, 0) is 33.0 Å². The summed E-state index contributed by atoms with van der Waals surface area (Å²) in [5.74, 6) is 0. The van der Waals surface area contributed by atoms with Crippen LogP contribution in [0.25, 0.3) is 0 Å². The molecule has 0 spiro atoms. The highest BCUT2D eigenvalue weighted by atomic mass is 16.4. The third kappa shape index (κ3) is 9.73. The van der Waals surface area contributed by atoms with Crippen molar-refractivity contribution in [3.8, 4) is 0 Å². The molecule has 0 aliphatic carbocycles. The molecular weight excluding hydrogens is 222 g/mol. The zero-order chi connectivity index (χ0) is 12.9. The average molecular weight is 245 g/mol. The molecule has 0 rings (SSSR count). The first-order chi connectivity index (χ1) is 8.24. The maximum absolute atomic E-state index is 8.63. The Balaban J connectivity index is 3.34. The summed E-state index contributed by atoms with van der Waals surface area (Å²) in [6, 6.07) is 0. The Morgan fingerprint density at radius 2 is 1.76 bits per heavy atom. The van der Waals surface area contributed by atoms with Gasteiger partial charge in [0, 0.05) is 19.5 Å². The number of nitrogens with zero attached hydrogens (tertiary/aromatic N) is 2. The molecule has 0 saturated heterocycles. The summed E-state index contributed by atoms with van der Waals surface area (Å²) < 4.78 is 0. The molecule has 0 aliphatic rings. The first-order valence-electron chi connectivity index (χ1n) is 5.73. The Hall–Kier alpha value is -1.18. The van der Waals surface area contributed by atoms with Crippen LogP contribution in [0.5, 0.6) is 0 Å². The standard InChI is InChI=1S/C10H23N5O2/c1-9(14-16)7-12-5-2-6-13-8-10(15-17)3-4-11/h12-13,16-17H,2-8,11H2,1H3. The molecule has 0 aromatic heterocycles. The summed E-state index contributed by atoms with van der Waals surface area (Å²) in [6.45, 7) is 5.05. The van der Waals surface area contributed by atoms with Crippen molar-refractivity contribution in [1.29, 1.82) is 0 Å². The van der Waals surface area contributed by atoms with Gasteiger partial charge in [-0.2, -0.15) is 0 Å². The highest BCUT2D eigenvalue weighted by Gasteiger charge is 1.98. The largest absolute Gasteiger partial charge is 0.411 e. The monoisotopic (exact) mass is 245 g/mol. The number of oxime groups is 2. The molecule has 0 aliphatic heterocycles. The number of rotatable bonds is 10. The van der Waals surface area contributed by atoms with Gasteiger partial charge in [-0.15, -0.1) is 0 Å². The normalized spacial score (nSPS) is 13.1. The first kappa shape index (κ1) is 15.8. The minimum atomic E-state index is 0.488. The second-order valence-corrected chi connectivity index (χ2v) is 3.75. The van der Waals surface area contributed by atoms with E-state index in [2.05, 4.69) is 20.9 Å².